The van der Waals surface area contributed by atoms with Crippen molar-refractivity contribution in [3.8, 4) is 11.5 Å². The predicted octanol–water partition coefficient (Wildman–Crippen LogP) is 2.95. The average molecular weight is 242 g/mol. The number of phenols is 2. The summed E-state index contributed by atoms with van der Waals surface area (Å²) in [6.07, 6.45) is 0. The number of hydrogen-bond donors (Lipinski definition) is 2. The van der Waals surface area contributed by atoms with E-state index in [1.807, 2.05) is 13.0 Å². The summed E-state index contributed by atoms with van der Waals surface area (Å²) in [4.78, 5) is 12.2. The van der Waals surface area contributed by atoms with Gasteiger partial charge in [-0.3, -0.25) is 4.79 Å². The third-order valence-corrected chi connectivity index (χ3v) is 2.82. The van der Waals surface area contributed by atoms with Gasteiger partial charge in [0.15, 0.2) is 5.78 Å². The van der Waals surface area contributed by atoms with Gasteiger partial charge in [-0.2, -0.15) is 0 Å². The summed E-state index contributed by atoms with van der Waals surface area (Å²) in [5.41, 5.74) is 2.33. The van der Waals surface area contributed by atoms with Crippen molar-refractivity contribution < 1.29 is 15.0 Å². The maximum atomic E-state index is 12.2. The van der Waals surface area contributed by atoms with E-state index >= 15 is 0 Å². The van der Waals surface area contributed by atoms with E-state index in [1.165, 1.54) is 24.3 Å². The third-order valence-electron chi connectivity index (χ3n) is 2.82. The van der Waals surface area contributed by atoms with Crippen LogP contribution in [0, 0.1) is 13.8 Å². The number of aryl methyl sites for hydroxylation is 2. The molecule has 0 aliphatic rings. The number of benzene rings is 2. The van der Waals surface area contributed by atoms with E-state index in [0.29, 0.717) is 11.1 Å². The molecule has 2 aromatic carbocycles. The van der Waals surface area contributed by atoms with Crippen LogP contribution in [0.2, 0.25) is 0 Å². The summed E-state index contributed by atoms with van der Waals surface area (Å²) in [5, 5.41) is 19.1. The van der Waals surface area contributed by atoms with Crippen LogP contribution in [-0.2, 0) is 0 Å². The minimum absolute atomic E-state index is 0.0127. The smallest absolute Gasteiger partial charge is 0.196 e. The molecule has 0 heterocycles. The lowest BCUT2D eigenvalue weighted by atomic mass is 9.98. The molecule has 2 N–H and O–H groups in total. The Hall–Kier alpha value is -2.29. The maximum Gasteiger partial charge on any atom is 0.196 e. The van der Waals surface area contributed by atoms with Gasteiger partial charge in [0.25, 0.3) is 0 Å². The Morgan fingerprint density at radius 1 is 1.00 bits per heavy atom. The van der Waals surface area contributed by atoms with E-state index in [4.69, 9.17) is 0 Å². The van der Waals surface area contributed by atoms with Crippen molar-refractivity contribution in [2.24, 2.45) is 0 Å². The Morgan fingerprint density at radius 2 is 1.61 bits per heavy atom. The predicted molar refractivity (Wildman–Crippen MR) is 69.1 cm³/mol. The normalized spacial score (nSPS) is 10.3. The van der Waals surface area contributed by atoms with Crippen LogP contribution in [0.1, 0.15) is 27.0 Å². The standard InChI is InChI=1S/C15H14O3/c1-9-7-10(2)14(17)13(8-9)15(18)11-3-5-12(16)6-4-11/h3-8,16-17H,1-2H3. The zero-order valence-electron chi connectivity index (χ0n) is 10.3. The molecular weight excluding hydrogens is 228 g/mol. The lowest BCUT2D eigenvalue weighted by Gasteiger charge is -2.08. The van der Waals surface area contributed by atoms with Gasteiger partial charge >= 0.3 is 0 Å². The summed E-state index contributed by atoms with van der Waals surface area (Å²) >= 11 is 0. The molecule has 2 aromatic rings. The zero-order valence-corrected chi connectivity index (χ0v) is 10.3. The Labute approximate surface area is 105 Å². The quantitative estimate of drug-likeness (QED) is 0.796. The molecular formula is C15H14O3. The second-order valence-electron chi connectivity index (χ2n) is 4.35. The molecule has 0 saturated carbocycles. The van der Waals surface area contributed by atoms with Gasteiger partial charge in [0.1, 0.15) is 11.5 Å². The van der Waals surface area contributed by atoms with Crippen molar-refractivity contribution >= 4 is 5.78 Å². The van der Waals surface area contributed by atoms with Crippen LogP contribution in [0.15, 0.2) is 36.4 Å². The molecule has 0 amide bonds. The largest absolute Gasteiger partial charge is 0.508 e. The molecule has 0 aliphatic heterocycles. The van der Waals surface area contributed by atoms with Gasteiger partial charge in [0, 0.05) is 5.56 Å². The van der Waals surface area contributed by atoms with Gasteiger partial charge in [0.05, 0.1) is 5.56 Å². The Morgan fingerprint density at radius 3 is 2.22 bits per heavy atom. The van der Waals surface area contributed by atoms with Crippen LogP contribution in [-0.4, -0.2) is 16.0 Å². The van der Waals surface area contributed by atoms with Crippen LogP contribution < -0.4 is 0 Å². The van der Waals surface area contributed by atoms with E-state index in [1.54, 1.807) is 13.0 Å². The van der Waals surface area contributed by atoms with Crippen molar-refractivity contribution in [3.05, 3.63) is 58.7 Å². The number of carbonyl (C=O) groups excluding carboxylic acids is 1. The fraction of sp³-hybridized carbons (Fsp3) is 0.133. The first kappa shape index (κ1) is 12.2. The topological polar surface area (TPSA) is 57.5 Å². The fourth-order valence-electron chi connectivity index (χ4n) is 1.90. The molecule has 0 aliphatic carbocycles. The number of aromatic hydroxyl groups is 2. The van der Waals surface area contributed by atoms with Crippen LogP contribution in [0.4, 0.5) is 0 Å². The minimum atomic E-state index is -0.251. The van der Waals surface area contributed by atoms with E-state index in [0.717, 1.165) is 5.56 Å². The first-order valence-corrected chi connectivity index (χ1v) is 5.63. The highest BCUT2D eigenvalue weighted by molar-refractivity contribution is 6.11. The monoisotopic (exact) mass is 242 g/mol. The number of ketones is 1. The van der Waals surface area contributed by atoms with Gasteiger partial charge < -0.3 is 10.2 Å². The molecule has 0 radical (unpaired) electrons. The highest BCUT2D eigenvalue weighted by atomic mass is 16.3. The molecule has 92 valence electrons. The Balaban J connectivity index is 2.49. The summed E-state index contributed by atoms with van der Waals surface area (Å²) in [7, 11) is 0. The maximum absolute atomic E-state index is 12.2. The molecule has 0 aromatic heterocycles. The first-order valence-electron chi connectivity index (χ1n) is 5.63. The first-order chi connectivity index (χ1) is 8.49. The van der Waals surface area contributed by atoms with Crippen molar-refractivity contribution in [2.45, 2.75) is 13.8 Å². The zero-order chi connectivity index (χ0) is 13.3. The number of carbonyl (C=O) groups is 1. The second kappa shape index (κ2) is 4.53. The lowest BCUT2D eigenvalue weighted by molar-refractivity contribution is 0.103. The third kappa shape index (κ3) is 2.20. The van der Waals surface area contributed by atoms with Crippen LogP contribution in [0.25, 0.3) is 0 Å². The summed E-state index contributed by atoms with van der Waals surface area (Å²) < 4.78 is 0. The summed E-state index contributed by atoms with van der Waals surface area (Å²) in [6.45, 7) is 3.63. The second-order valence-corrected chi connectivity index (χ2v) is 4.35. The van der Waals surface area contributed by atoms with Gasteiger partial charge in [0.2, 0.25) is 0 Å². The van der Waals surface area contributed by atoms with E-state index in [9.17, 15) is 15.0 Å². The molecule has 0 spiro atoms. The number of phenolic OH excluding ortho intramolecular Hbond substituents is 2. The van der Waals surface area contributed by atoms with Crippen molar-refractivity contribution in [1.29, 1.82) is 0 Å². The molecule has 0 atom stereocenters. The fourth-order valence-corrected chi connectivity index (χ4v) is 1.90. The molecule has 0 fully saturated rings. The van der Waals surface area contributed by atoms with Crippen LogP contribution in [0.3, 0.4) is 0 Å². The van der Waals surface area contributed by atoms with Crippen LogP contribution in [0.5, 0.6) is 11.5 Å². The molecule has 0 saturated heterocycles. The number of hydrogen-bond acceptors (Lipinski definition) is 3. The number of rotatable bonds is 2. The van der Waals surface area contributed by atoms with E-state index < -0.39 is 0 Å². The lowest BCUT2D eigenvalue weighted by Crippen LogP contribution is -2.02. The highest BCUT2D eigenvalue weighted by Crippen LogP contribution is 2.26. The molecule has 3 heteroatoms. The highest BCUT2D eigenvalue weighted by Gasteiger charge is 2.15. The Bertz CT molecular complexity index is 598. The molecule has 0 bridgehead atoms. The van der Waals surface area contributed by atoms with Gasteiger partial charge in [-0.05, 0) is 55.3 Å². The summed E-state index contributed by atoms with van der Waals surface area (Å²) in [6, 6.07) is 9.46. The SMILES string of the molecule is Cc1cc(C)c(O)c(C(=O)c2ccc(O)cc2)c1. The Kier molecular flexibility index (Phi) is 3.06. The van der Waals surface area contributed by atoms with Gasteiger partial charge in [-0.1, -0.05) is 6.07 Å². The average Bonchev–Trinajstić information content (AvgIpc) is 2.34. The summed E-state index contributed by atoms with van der Waals surface area (Å²) in [5.74, 6) is -0.130. The molecule has 18 heavy (non-hydrogen) atoms. The molecule has 3 nitrogen and oxygen atoms in total. The van der Waals surface area contributed by atoms with Crippen molar-refractivity contribution in [2.75, 3.05) is 0 Å². The van der Waals surface area contributed by atoms with Gasteiger partial charge in [-0.25, -0.2) is 0 Å². The van der Waals surface area contributed by atoms with E-state index in [-0.39, 0.29) is 22.8 Å². The molecule has 2 rings (SSSR count). The van der Waals surface area contributed by atoms with E-state index in [2.05, 4.69) is 0 Å². The molecule has 0 unspecified atom stereocenters. The van der Waals surface area contributed by atoms with Crippen molar-refractivity contribution in [3.63, 3.8) is 0 Å². The van der Waals surface area contributed by atoms with Crippen molar-refractivity contribution in [1.82, 2.24) is 0 Å². The van der Waals surface area contributed by atoms with Crippen LogP contribution >= 0.6 is 0 Å². The van der Waals surface area contributed by atoms with Gasteiger partial charge in [-0.15, -0.1) is 0 Å². The minimum Gasteiger partial charge on any atom is -0.508 e.